The molecular formula is C20H24N6O3S. The summed E-state index contributed by atoms with van der Waals surface area (Å²) in [6.45, 7) is 1.96. The fourth-order valence-electron chi connectivity index (χ4n) is 2.86. The molecule has 1 atom stereocenters. The molecule has 0 bridgehead atoms. The fraction of sp³-hybridized carbons (Fsp3) is 0.250. The van der Waals surface area contributed by atoms with Crippen LogP contribution in [0.2, 0.25) is 0 Å². The molecule has 1 heterocycles. The number of amides is 2. The van der Waals surface area contributed by atoms with Crippen LogP contribution in [-0.2, 0) is 16.6 Å². The Morgan fingerprint density at radius 2 is 1.83 bits per heavy atom. The van der Waals surface area contributed by atoms with E-state index in [0.717, 1.165) is 15.6 Å². The first kappa shape index (κ1) is 21.5. The number of nitrogens with zero attached hydrogens (tertiary/aromatic N) is 4. The Morgan fingerprint density at radius 3 is 2.47 bits per heavy atom. The van der Waals surface area contributed by atoms with E-state index >= 15 is 0 Å². The minimum Gasteiger partial charge on any atom is -0.334 e. The number of aromatic nitrogens is 3. The summed E-state index contributed by atoms with van der Waals surface area (Å²) in [4.78, 5) is 16.4. The molecule has 0 aliphatic carbocycles. The van der Waals surface area contributed by atoms with Gasteiger partial charge in [-0.2, -0.15) is 5.10 Å². The molecule has 0 aliphatic heterocycles. The molecular weight excluding hydrogens is 404 g/mol. The van der Waals surface area contributed by atoms with Crippen LogP contribution in [0.3, 0.4) is 0 Å². The molecule has 0 spiro atoms. The third-order valence-corrected chi connectivity index (χ3v) is 6.51. The van der Waals surface area contributed by atoms with Crippen molar-refractivity contribution in [3.63, 3.8) is 0 Å². The van der Waals surface area contributed by atoms with Gasteiger partial charge in [0.15, 0.2) is 0 Å². The Hall–Kier alpha value is -3.24. The second kappa shape index (κ2) is 9.06. The van der Waals surface area contributed by atoms with Crippen LogP contribution in [0, 0.1) is 0 Å². The van der Waals surface area contributed by atoms with E-state index in [2.05, 4.69) is 20.7 Å². The first-order valence-corrected chi connectivity index (χ1v) is 10.7. The molecule has 30 heavy (non-hydrogen) atoms. The lowest BCUT2D eigenvalue weighted by molar-refractivity contribution is 0.237. The van der Waals surface area contributed by atoms with Gasteiger partial charge in [0.05, 0.1) is 16.6 Å². The molecule has 0 radical (unpaired) electrons. The average molecular weight is 429 g/mol. The summed E-state index contributed by atoms with van der Waals surface area (Å²) in [6.07, 6.45) is 3.07. The maximum atomic E-state index is 12.5. The zero-order chi connectivity index (χ0) is 21.7. The van der Waals surface area contributed by atoms with E-state index < -0.39 is 10.0 Å². The van der Waals surface area contributed by atoms with Crippen molar-refractivity contribution in [3.05, 3.63) is 72.3 Å². The van der Waals surface area contributed by atoms with Crippen molar-refractivity contribution in [2.45, 2.75) is 24.4 Å². The third kappa shape index (κ3) is 4.84. The lowest BCUT2D eigenvalue weighted by Gasteiger charge is -2.17. The molecule has 0 saturated heterocycles. The van der Waals surface area contributed by atoms with Crippen LogP contribution in [0.1, 0.15) is 24.1 Å². The van der Waals surface area contributed by atoms with E-state index in [-0.39, 0.29) is 23.5 Å². The average Bonchev–Trinajstić information content (AvgIpc) is 3.27. The van der Waals surface area contributed by atoms with Crippen molar-refractivity contribution in [1.82, 2.24) is 29.7 Å². The predicted molar refractivity (Wildman–Crippen MR) is 112 cm³/mol. The van der Waals surface area contributed by atoms with Crippen molar-refractivity contribution in [2.24, 2.45) is 0 Å². The quantitative estimate of drug-likeness (QED) is 0.599. The number of benzene rings is 2. The molecule has 2 amide bonds. The molecule has 0 saturated carbocycles. The zero-order valence-electron chi connectivity index (χ0n) is 17.0. The normalized spacial score (nSPS) is 12.5. The van der Waals surface area contributed by atoms with Crippen LogP contribution < -0.4 is 10.6 Å². The summed E-state index contributed by atoms with van der Waals surface area (Å²) in [7, 11) is -0.646. The van der Waals surface area contributed by atoms with E-state index in [4.69, 9.17) is 0 Å². The molecule has 0 unspecified atom stereocenters. The van der Waals surface area contributed by atoms with E-state index in [1.54, 1.807) is 29.2 Å². The van der Waals surface area contributed by atoms with Crippen LogP contribution in [0.5, 0.6) is 0 Å². The number of carbonyl (C=O) groups excluding carboxylic acids is 1. The van der Waals surface area contributed by atoms with E-state index in [1.165, 1.54) is 26.5 Å². The van der Waals surface area contributed by atoms with Gasteiger partial charge < -0.3 is 10.6 Å². The number of rotatable bonds is 7. The summed E-state index contributed by atoms with van der Waals surface area (Å²) in [5.74, 6) is 0. The number of carbonyl (C=O) groups is 1. The van der Waals surface area contributed by atoms with Crippen LogP contribution in [0.4, 0.5) is 4.79 Å². The van der Waals surface area contributed by atoms with Gasteiger partial charge in [0.1, 0.15) is 12.7 Å². The van der Waals surface area contributed by atoms with Gasteiger partial charge in [-0.1, -0.05) is 30.3 Å². The molecule has 0 fully saturated rings. The fourth-order valence-corrected chi connectivity index (χ4v) is 3.98. The maximum absolute atomic E-state index is 12.5. The topological polar surface area (TPSA) is 109 Å². The van der Waals surface area contributed by atoms with Gasteiger partial charge in [0.25, 0.3) is 0 Å². The smallest absolute Gasteiger partial charge is 0.315 e. The second-order valence-electron chi connectivity index (χ2n) is 6.88. The van der Waals surface area contributed by atoms with E-state index in [0.29, 0.717) is 5.56 Å². The number of nitrogens with one attached hydrogen (secondary N) is 2. The van der Waals surface area contributed by atoms with Gasteiger partial charge in [-0.3, -0.25) is 0 Å². The Balaban J connectivity index is 1.61. The van der Waals surface area contributed by atoms with Gasteiger partial charge in [-0.15, -0.1) is 0 Å². The van der Waals surface area contributed by atoms with Crippen molar-refractivity contribution in [3.8, 4) is 5.69 Å². The van der Waals surface area contributed by atoms with Crippen LogP contribution >= 0.6 is 0 Å². The molecule has 9 nitrogen and oxygen atoms in total. The predicted octanol–water partition coefficient (Wildman–Crippen LogP) is 2.08. The minimum absolute atomic E-state index is 0.0903. The van der Waals surface area contributed by atoms with Gasteiger partial charge >= 0.3 is 6.03 Å². The van der Waals surface area contributed by atoms with E-state index in [1.807, 2.05) is 31.2 Å². The number of sulfonamides is 1. The Labute approximate surface area is 175 Å². The van der Waals surface area contributed by atoms with Gasteiger partial charge in [-0.25, -0.2) is 27.2 Å². The Bertz CT molecular complexity index is 1100. The number of urea groups is 1. The van der Waals surface area contributed by atoms with Crippen molar-refractivity contribution in [1.29, 1.82) is 0 Å². The van der Waals surface area contributed by atoms with Gasteiger partial charge in [-0.05, 0) is 36.2 Å². The van der Waals surface area contributed by atoms with Gasteiger partial charge in [0, 0.05) is 20.6 Å². The highest BCUT2D eigenvalue weighted by atomic mass is 32.2. The van der Waals surface area contributed by atoms with Crippen molar-refractivity contribution >= 4 is 16.1 Å². The SMILES string of the molecule is C[C@H](NC(=O)NCc1ccccc1S(=O)(=O)N(C)C)c1ccc(-n2cncn2)cc1. The maximum Gasteiger partial charge on any atom is 0.315 e. The zero-order valence-corrected chi connectivity index (χ0v) is 17.8. The van der Waals surface area contributed by atoms with E-state index in [9.17, 15) is 13.2 Å². The Morgan fingerprint density at radius 1 is 1.13 bits per heavy atom. The summed E-state index contributed by atoms with van der Waals surface area (Å²) < 4.78 is 27.7. The van der Waals surface area contributed by atoms with Gasteiger partial charge in [0.2, 0.25) is 10.0 Å². The molecule has 2 N–H and O–H groups in total. The highest BCUT2D eigenvalue weighted by Crippen LogP contribution is 2.18. The molecule has 2 aromatic carbocycles. The Kier molecular flexibility index (Phi) is 6.48. The minimum atomic E-state index is -3.59. The third-order valence-electron chi connectivity index (χ3n) is 4.59. The largest absolute Gasteiger partial charge is 0.334 e. The lowest BCUT2D eigenvalue weighted by atomic mass is 10.1. The molecule has 10 heteroatoms. The molecule has 158 valence electrons. The summed E-state index contributed by atoms with van der Waals surface area (Å²) in [6, 6.07) is 13.6. The van der Waals surface area contributed by atoms with Crippen LogP contribution in [0.25, 0.3) is 5.69 Å². The lowest BCUT2D eigenvalue weighted by Crippen LogP contribution is -2.37. The number of hydrogen-bond donors (Lipinski definition) is 2. The highest BCUT2D eigenvalue weighted by Gasteiger charge is 2.21. The first-order valence-electron chi connectivity index (χ1n) is 9.29. The monoisotopic (exact) mass is 428 g/mol. The summed E-state index contributed by atoms with van der Waals surface area (Å²) in [5.41, 5.74) is 2.31. The first-order chi connectivity index (χ1) is 14.3. The second-order valence-corrected chi connectivity index (χ2v) is 9.00. The number of hydrogen-bond acceptors (Lipinski definition) is 5. The van der Waals surface area contributed by atoms with Crippen molar-refractivity contribution < 1.29 is 13.2 Å². The summed E-state index contributed by atoms with van der Waals surface area (Å²) in [5, 5.41) is 9.66. The van der Waals surface area contributed by atoms with Crippen LogP contribution in [-0.4, -0.2) is 47.6 Å². The molecule has 0 aliphatic rings. The molecule has 1 aromatic heterocycles. The molecule has 3 aromatic rings. The molecule has 3 rings (SSSR count). The standard InChI is InChI=1S/C20H24N6O3S/c1-15(16-8-10-18(11-9-16)26-14-21-13-23-26)24-20(27)22-12-17-6-4-5-7-19(17)30(28,29)25(2)3/h4-11,13-15H,12H2,1-3H3,(H2,22,24,27)/t15-/m0/s1. The van der Waals surface area contributed by atoms with Crippen LogP contribution in [0.15, 0.2) is 66.1 Å². The summed E-state index contributed by atoms with van der Waals surface area (Å²) >= 11 is 0. The van der Waals surface area contributed by atoms with Crippen molar-refractivity contribution in [2.75, 3.05) is 14.1 Å². The highest BCUT2D eigenvalue weighted by molar-refractivity contribution is 7.89.